The van der Waals surface area contributed by atoms with E-state index in [1.54, 1.807) is 0 Å². The summed E-state index contributed by atoms with van der Waals surface area (Å²) in [7, 11) is 0. The van der Waals surface area contributed by atoms with Crippen LogP contribution in [0.2, 0.25) is 0 Å². The summed E-state index contributed by atoms with van der Waals surface area (Å²) in [6.07, 6.45) is 3.90. The molecule has 1 aliphatic heterocycles. The zero-order valence-corrected chi connectivity index (χ0v) is 8.93. The molecule has 1 spiro atoms. The van der Waals surface area contributed by atoms with Gasteiger partial charge in [-0.05, 0) is 41.3 Å². The third-order valence-corrected chi connectivity index (χ3v) is 3.84. The van der Waals surface area contributed by atoms with Gasteiger partial charge in [0.25, 0.3) is 0 Å². The molecule has 0 radical (unpaired) electrons. The number of hydrogen-bond acceptors (Lipinski definition) is 1. The van der Waals surface area contributed by atoms with E-state index in [1.807, 2.05) is 0 Å². The van der Waals surface area contributed by atoms with E-state index < -0.39 is 0 Å². The first-order valence-electron chi connectivity index (χ1n) is 4.74. The zero-order chi connectivity index (χ0) is 8.89. The number of benzene rings is 1. The van der Waals surface area contributed by atoms with Crippen LogP contribution in [0.25, 0.3) is 0 Å². The Balaban J connectivity index is 2.19. The first kappa shape index (κ1) is 7.86. The Morgan fingerprint density at radius 2 is 2.08 bits per heavy atom. The van der Waals surface area contributed by atoms with Crippen LogP contribution in [0.3, 0.4) is 0 Å². The Hall–Kier alpha value is -0.500. The highest BCUT2D eigenvalue weighted by molar-refractivity contribution is 9.10. The standard InChI is InChI=1S/C11H11BrO/c12-9-3-1-2-8-10(9)13-7-6-11(8)4-5-11/h1-3H,4-7H2. The molecule has 1 heterocycles. The van der Waals surface area contributed by atoms with Crippen LogP contribution < -0.4 is 4.74 Å². The predicted molar refractivity (Wildman–Crippen MR) is 55.2 cm³/mol. The SMILES string of the molecule is Brc1cccc2c1OCCC21CC1. The Bertz CT molecular complexity index is 355. The fraction of sp³-hybridized carbons (Fsp3) is 0.455. The van der Waals surface area contributed by atoms with Crippen molar-refractivity contribution in [3.8, 4) is 5.75 Å². The average molecular weight is 239 g/mol. The predicted octanol–water partition coefficient (Wildman–Crippen LogP) is 3.26. The minimum absolute atomic E-state index is 0.497. The lowest BCUT2D eigenvalue weighted by atomic mass is 9.90. The van der Waals surface area contributed by atoms with Crippen LogP contribution in [0, 0.1) is 0 Å². The van der Waals surface area contributed by atoms with Crippen molar-refractivity contribution in [2.24, 2.45) is 0 Å². The van der Waals surface area contributed by atoms with Gasteiger partial charge in [-0.1, -0.05) is 12.1 Å². The quantitative estimate of drug-likeness (QED) is 0.675. The van der Waals surface area contributed by atoms with E-state index in [0.29, 0.717) is 5.41 Å². The first-order valence-corrected chi connectivity index (χ1v) is 5.53. The number of hydrogen-bond donors (Lipinski definition) is 0. The maximum absolute atomic E-state index is 5.68. The molecule has 68 valence electrons. The highest BCUT2D eigenvalue weighted by atomic mass is 79.9. The van der Waals surface area contributed by atoms with E-state index in [-0.39, 0.29) is 0 Å². The van der Waals surface area contributed by atoms with Crippen LogP contribution in [-0.2, 0) is 5.41 Å². The van der Waals surface area contributed by atoms with Crippen LogP contribution >= 0.6 is 15.9 Å². The molecule has 1 aliphatic carbocycles. The van der Waals surface area contributed by atoms with Crippen molar-refractivity contribution in [1.82, 2.24) is 0 Å². The summed E-state index contributed by atoms with van der Waals surface area (Å²) in [6, 6.07) is 6.38. The van der Waals surface area contributed by atoms with Gasteiger partial charge in [0.05, 0.1) is 11.1 Å². The monoisotopic (exact) mass is 238 g/mol. The number of rotatable bonds is 0. The smallest absolute Gasteiger partial charge is 0.137 e. The molecule has 1 aromatic rings. The zero-order valence-electron chi connectivity index (χ0n) is 7.35. The van der Waals surface area contributed by atoms with Crippen LogP contribution in [-0.4, -0.2) is 6.61 Å². The van der Waals surface area contributed by atoms with E-state index in [2.05, 4.69) is 34.1 Å². The number of ether oxygens (including phenoxy) is 1. The largest absolute Gasteiger partial charge is 0.492 e. The molecule has 3 rings (SSSR count). The minimum atomic E-state index is 0.497. The summed E-state index contributed by atoms with van der Waals surface area (Å²) in [5.74, 6) is 1.09. The molecule has 2 heteroatoms. The van der Waals surface area contributed by atoms with Crippen LogP contribution in [0.5, 0.6) is 5.75 Å². The lowest BCUT2D eigenvalue weighted by Gasteiger charge is -2.26. The van der Waals surface area contributed by atoms with Crippen molar-refractivity contribution >= 4 is 15.9 Å². The molecule has 0 unspecified atom stereocenters. The van der Waals surface area contributed by atoms with Gasteiger partial charge in [-0.15, -0.1) is 0 Å². The first-order chi connectivity index (χ1) is 6.32. The summed E-state index contributed by atoms with van der Waals surface area (Å²) in [5.41, 5.74) is 1.92. The molecule has 2 aliphatic rings. The van der Waals surface area contributed by atoms with E-state index in [0.717, 1.165) is 16.8 Å². The number of halogens is 1. The van der Waals surface area contributed by atoms with Gasteiger partial charge in [0.15, 0.2) is 0 Å². The molecule has 0 amide bonds. The second-order valence-electron chi connectivity index (χ2n) is 4.00. The molecule has 13 heavy (non-hydrogen) atoms. The molecule has 1 saturated carbocycles. The maximum Gasteiger partial charge on any atom is 0.137 e. The van der Waals surface area contributed by atoms with Crippen LogP contribution in [0.4, 0.5) is 0 Å². The molecule has 1 nitrogen and oxygen atoms in total. The third kappa shape index (κ3) is 1.05. The maximum atomic E-state index is 5.68. The molecule has 1 fully saturated rings. The van der Waals surface area contributed by atoms with E-state index in [4.69, 9.17) is 4.74 Å². The summed E-state index contributed by atoms with van der Waals surface area (Å²) in [4.78, 5) is 0. The molecule has 0 bridgehead atoms. The normalized spacial score (nSPS) is 22.2. The molecule has 0 N–H and O–H groups in total. The summed E-state index contributed by atoms with van der Waals surface area (Å²) >= 11 is 3.54. The van der Waals surface area contributed by atoms with Crippen molar-refractivity contribution in [2.75, 3.05) is 6.61 Å². The second-order valence-corrected chi connectivity index (χ2v) is 4.85. The van der Waals surface area contributed by atoms with Gasteiger partial charge in [0.2, 0.25) is 0 Å². The Morgan fingerprint density at radius 1 is 1.23 bits per heavy atom. The van der Waals surface area contributed by atoms with Crippen molar-refractivity contribution in [2.45, 2.75) is 24.7 Å². The van der Waals surface area contributed by atoms with Gasteiger partial charge in [0, 0.05) is 11.0 Å². The van der Waals surface area contributed by atoms with Gasteiger partial charge >= 0.3 is 0 Å². The molecule has 0 atom stereocenters. The fourth-order valence-electron chi connectivity index (χ4n) is 2.23. The van der Waals surface area contributed by atoms with Crippen molar-refractivity contribution in [3.63, 3.8) is 0 Å². The van der Waals surface area contributed by atoms with E-state index >= 15 is 0 Å². The topological polar surface area (TPSA) is 9.23 Å². The molecular weight excluding hydrogens is 228 g/mol. The Labute approximate surface area is 86.2 Å². The van der Waals surface area contributed by atoms with Crippen molar-refractivity contribution in [3.05, 3.63) is 28.2 Å². The highest BCUT2D eigenvalue weighted by Gasteiger charge is 2.47. The van der Waals surface area contributed by atoms with Gasteiger partial charge in [0.1, 0.15) is 5.75 Å². The molecule has 0 saturated heterocycles. The van der Waals surface area contributed by atoms with Crippen molar-refractivity contribution in [1.29, 1.82) is 0 Å². The lowest BCUT2D eigenvalue weighted by molar-refractivity contribution is 0.258. The molecule has 1 aromatic carbocycles. The second kappa shape index (κ2) is 2.50. The van der Waals surface area contributed by atoms with Gasteiger partial charge < -0.3 is 4.74 Å². The molecule has 0 aromatic heterocycles. The van der Waals surface area contributed by atoms with Crippen LogP contribution in [0.15, 0.2) is 22.7 Å². The van der Waals surface area contributed by atoms with Crippen LogP contribution in [0.1, 0.15) is 24.8 Å². The Kier molecular flexibility index (Phi) is 1.51. The summed E-state index contributed by atoms with van der Waals surface area (Å²) < 4.78 is 6.79. The molecular formula is C11H11BrO. The van der Waals surface area contributed by atoms with E-state index in [9.17, 15) is 0 Å². The summed E-state index contributed by atoms with van der Waals surface area (Å²) in [5, 5.41) is 0. The van der Waals surface area contributed by atoms with Gasteiger partial charge in [-0.3, -0.25) is 0 Å². The highest BCUT2D eigenvalue weighted by Crippen LogP contribution is 2.56. The summed E-state index contributed by atoms with van der Waals surface area (Å²) in [6.45, 7) is 0.885. The van der Waals surface area contributed by atoms with E-state index in [1.165, 1.54) is 24.8 Å². The van der Waals surface area contributed by atoms with Gasteiger partial charge in [-0.25, -0.2) is 0 Å². The minimum Gasteiger partial charge on any atom is -0.492 e. The van der Waals surface area contributed by atoms with Crippen molar-refractivity contribution < 1.29 is 4.74 Å². The average Bonchev–Trinajstić information content (AvgIpc) is 2.89. The lowest BCUT2D eigenvalue weighted by Crippen LogP contribution is -2.19. The number of para-hydroxylation sites is 1. The number of fused-ring (bicyclic) bond motifs is 2. The fourth-order valence-corrected chi connectivity index (χ4v) is 2.71. The Morgan fingerprint density at radius 3 is 2.85 bits per heavy atom. The third-order valence-electron chi connectivity index (χ3n) is 3.22. The van der Waals surface area contributed by atoms with Gasteiger partial charge in [-0.2, -0.15) is 0 Å².